The van der Waals surface area contributed by atoms with E-state index in [1.807, 2.05) is 20.0 Å². The van der Waals surface area contributed by atoms with Gasteiger partial charge in [-0.25, -0.2) is 9.67 Å². The van der Waals surface area contributed by atoms with E-state index in [9.17, 15) is 4.79 Å². The molecule has 118 valence electrons. The molecule has 0 unspecified atom stereocenters. The number of hydrogen-bond acceptors (Lipinski definition) is 5. The third kappa shape index (κ3) is 2.85. The fraction of sp³-hybridized carbons (Fsp3) is 0.250. The van der Waals surface area contributed by atoms with Gasteiger partial charge in [0.1, 0.15) is 5.52 Å². The molecule has 1 N–H and O–H groups in total. The van der Waals surface area contributed by atoms with Crippen molar-refractivity contribution < 1.29 is 9.53 Å². The average molecular weight is 311 g/mol. The van der Waals surface area contributed by atoms with Crippen molar-refractivity contribution in [1.29, 1.82) is 0 Å². The maximum absolute atomic E-state index is 12.5. The second-order valence-corrected chi connectivity index (χ2v) is 5.07. The molecule has 1 amide bonds. The zero-order valence-corrected chi connectivity index (χ0v) is 13.2. The van der Waals surface area contributed by atoms with Crippen LogP contribution in [0.4, 0.5) is 5.69 Å². The van der Waals surface area contributed by atoms with Crippen LogP contribution in [0.5, 0.6) is 5.88 Å². The second kappa shape index (κ2) is 6.04. The lowest BCUT2D eigenvalue weighted by Crippen LogP contribution is -2.14. The number of benzene rings is 1. The van der Waals surface area contributed by atoms with Crippen LogP contribution in [0, 0.1) is 0 Å². The zero-order valence-electron chi connectivity index (χ0n) is 13.2. The van der Waals surface area contributed by atoms with Gasteiger partial charge in [0.05, 0.1) is 24.0 Å². The van der Waals surface area contributed by atoms with Gasteiger partial charge in [-0.3, -0.25) is 4.79 Å². The Bertz CT molecular complexity index is 872. The van der Waals surface area contributed by atoms with E-state index in [2.05, 4.69) is 20.6 Å². The summed E-state index contributed by atoms with van der Waals surface area (Å²) in [7, 11) is 3.38. The highest BCUT2D eigenvalue weighted by molar-refractivity contribution is 6.06. The highest BCUT2D eigenvalue weighted by atomic mass is 16.5. The number of methoxy groups -OCH3 is 1. The Labute approximate surface area is 133 Å². The summed E-state index contributed by atoms with van der Waals surface area (Å²) in [6.45, 7) is 1.98. The van der Waals surface area contributed by atoms with Crippen molar-refractivity contribution in [3.63, 3.8) is 0 Å². The lowest BCUT2D eigenvalue weighted by Gasteiger charge is -2.10. The van der Waals surface area contributed by atoms with E-state index < -0.39 is 0 Å². The Balaban J connectivity index is 1.88. The molecule has 0 spiro atoms. The Hall–Kier alpha value is -2.96. The normalized spacial score (nSPS) is 10.7. The molecule has 0 aliphatic heterocycles. The van der Waals surface area contributed by atoms with E-state index >= 15 is 0 Å². The van der Waals surface area contributed by atoms with Crippen LogP contribution >= 0.6 is 0 Å². The molecule has 0 saturated carbocycles. The van der Waals surface area contributed by atoms with Crippen molar-refractivity contribution in [1.82, 2.24) is 20.0 Å². The summed E-state index contributed by atoms with van der Waals surface area (Å²) in [6, 6.07) is 8.82. The largest absolute Gasteiger partial charge is 0.481 e. The van der Waals surface area contributed by atoms with Crippen molar-refractivity contribution in [3.8, 4) is 5.88 Å². The number of nitrogens with zero attached hydrogens (tertiary/aromatic N) is 4. The van der Waals surface area contributed by atoms with E-state index in [0.717, 1.165) is 11.2 Å². The van der Waals surface area contributed by atoms with Crippen molar-refractivity contribution in [2.24, 2.45) is 7.05 Å². The first kappa shape index (κ1) is 15.0. The van der Waals surface area contributed by atoms with Gasteiger partial charge in [-0.15, -0.1) is 5.10 Å². The van der Waals surface area contributed by atoms with Crippen molar-refractivity contribution in [2.75, 3.05) is 12.4 Å². The van der Waals surface area contributed by atoms with Gasteiger partial charge in [-0.05, 0) is 30.7 Å². The molecule has 0 aliphatic carbocycles. The highest BCUT2D eigenvalue weighted by Gasteiger charge is 2.12. The number of aryl methyl sites for hydroxylation is 2. The maximum atomic E-state index is 12.5. The predicted octanol–water partition coefficient (Wildman–Crippen LogP) is 2.19. The summed E-state index contributed by atoms with van der Waals surface area (Å²) in [5, 5.41) is 10.9. The van der Waals surface area contributed by atoms with Gasteiger partial charge in [0.25, 0.3) is 5.91 Å². The first-order valence-electron chi connectivity index (χ1n) is 7.27. The fourth-order valence-corrected chi connectivity index (χ4v) is 2.35. The van der Waals surface area contributed by atoms with Crippen LogP contribution in [-0.4, -0.2) is 33.0 Å². The number of carbonyl (C=O) groups is 1. The minimum atomic E-state index is -0.209. The van der Waals surface area contributed by atoms with Crippen LogP contribution in [0.25, 0.3) is 11.0 Å². The number of aromatic nitrogens is 4. The van der Waals surface area contributed by atoms with Gasteiger partial charge in [-0.1, -0.05) is 12.1 Å². The summed E-state index contributed by atoms with van der Waals surface area (Å²) < 4.78 is 6.78. The van der Waals surface area contributed by atoms with Crippen molar-refractivity contribution in [3.05, 3.63) is 41.6 Å². The first-order valence-corrected chi connectivity index (χ1v) is 7.27. The van der Waals surface area contributed by atoms with Crippen LogP contribution in [0.1, 0.15) is 23.0 Å². The summed E-state index contributed by atoms with van der Waals surface area (Å²) in [4.78, 5) is 16.8. The summed E-state index contributed by atoms with van der Waals surface area (Å²) in [6.07, 6.45) is 0.690. The van der Waals surface area contributed by atoms with Gasteiger partial charge in [-0.2, -0.15) is 0 Å². The van der Waals surface area contributed by atoms with Crippen molar-refractivity contribution >= 4 is 22.6 Å². The monoisotopic (exact) mass is 311 g/mol. The molecule has 2 aromatic heterocycles. The van der Waals surface area contributed by atoms with Crippen molar-refractivity contribution in [2.45, 2.75) is 13.3 Å². The third-order valence-corrected chi connectivity index (χ3v) is 3.61. The summed E-state index contributed by atoms with van der Waals surface area (Å²) >= 11 is 0. The molecule has 0 atom stereocenters. The Morgan fingerprint density at radius 1 is 1.30 bits per heavy atom. The van der Waals surface area contributed by atoms with Crippen LogP contribution < -0.4 is 10.1 Å². The SMILES string of the molecule is CCc1nc(OC)ccc1NC(=O)c1ccc2c(c1)nnn2C. The van der Waals surface area contributed by atoms with E-state index in [-0.39, 0.29) is 5.91 Å². The van der Waals surface area contributed by atoms with Gasteiger partial charge < -0.3 is 10.1 Å². The number of anilines is 1. The fourth-order valence-electron chi connectivity index (χ4n) is 2.35. The Kier molecular flexibility index (Phi) is 3.92. The van der Waals surface area contributed by atoms with E-state index in [0.29, 0.717) is 29.1 Å². The highest BCUT2D eigenvalue weighted by Crippen LogP contribution is 2.20. The second-order valence-electron chi connectivity index (χ2n) is 5.07. The number of fused-ring (bicyclic) bond motifs is 1. The summed E-state index contributed by atoms with van der Waals surface area (Å²) in [5.41, 5.74) is 3.54. The molecule has 0 saturated heterocycles. The zero-order chi connectivity index (χ0) is 16.4. The Morgan fingerprint density at radius 3 is 2.87 bits per heavy atom. The molecule has 0 aliphatic rings. The van der Waals surface area contributed by atoms with Gasteiger partial charge in [0.15, 0.2) is 0 Å². The van der Waals surface area contributed by atoms with E-state index in [1.54, 1.807) is 36.1 Å². The Morgan fingerprint density at radius 2 is 2.13 bits per heavy atom. The molecular weight excluding hydrogens is 294 g/mol. The lowest BCUT2D eigenvalue weighted by molar-refractivity contribution is 0.102. The topological polar surface area (TPSA) is 81.9 Å². The number of ether oxygens (including phenoxy) is 1. The number of nitrogens with one attached hydrogen (secondary N) is 1. The molecular formula is C16H17N5O2. The maximum Gasteiger partial charge on any atom is 0.255 e. The molecule has 0 fully saturated rings. The van der Waals surface area contributed by atoms with E-state index in [1.165, 1.54) is 0 Å². The lowest BCUT2D eigenvalue weighted by atomic mass is 10.1. The number of pyridine rings is 1. The van der Waals surface area contributed by atoms with Gasteiger partial charge in [0, 0.05) is 18.7 Å². The molecule has 0 radical (unpaired) electrons. The smallest absolute Gasteiger partial charge is 0.255 e. The van der Waals surface area contributed by atoms with Crippen LogP contribution in [0.2, 0.25) is 0 Å². The molecule has 1 aromatic carbocycles. The number of rotatable bonds is 4. The van der Waals surface area contributed by atoms with Crippen LogP contribution in [0.15, 0.2) is 30.3 Å². The number of hydrogen-bond donors (Lipinski definition) is 1. The summed E-state index contributed by atoms with van der Waals surface area (Å²) in [5.74, 6) is 0.319. The molecule has 23 heavy (non-hydrogen) atoms. The minimum Gasteiger partial charge on any atom is -0.481 e. The molecule has 7 heteroatoms. The standard InChI is InChI=1S/C16H17N5O2/c1-4-11-12(6-8-15(17-11)23-3)18-16(22)10-5-7-14-13(9-10)19-20-21(14)2/h5-9H,4H2,1-3H3,(H,18,22). The molecule has 7 nitrogen and oxygen atoms in total. The molecule has 0 bridgehead atoms. The average Bonchev–Trinajstić information content (AvgIpc) is 2.95. The van der Waals surface area contributed by atoms with E-state index in [4.69, 9.17) is 4.74 Å². The molecule has 2 heterocycles. The van der Waals surface area contributed by atoms with Gasteiger partial charge in [0.2, 0.25) is 5.88 Å². The molecule has 3 rings (SSSR count). The van der Waals surface area contributed by atoms with Gasteiger partial charge >= 0.3 is 0 Å². The molecule has 3 aromatic rings. The number of carbonyl (C=O) groups excluding carboxylic acids is 1. The third-order valence-electron chi connectivity index (χ3n) is 3.61. The first-order chi connectivity index (χ1) is 11.1. The predicted molar refractivity (Wildman–Crippen MR) is 86.6 cm³/mol. The quantitative estimate of drug-likeness (QED) is 0.798. The number of amides is 1. The van der Waals surface area contributed by atoms with Crippen LogP contribution in [0.3, 0.4) is 0 Å². The van der Waals surface area contributed by atoms with Crippen LogP contribution in [-0.2, 0) is 13.5 Å². The minimum absolute atomic E-state index is 0.209.